The second kappa shape index (κ2) is 6.91. The Morgan fingerprint density at radius 2 is 1.79 bits per heavy atom. The molecule has 1 aliphatic rings. The molecule has 102 valence electrons. The van der Waals surface area contributed by atoms with Crippen molar-refractivity contribution in [2.45, 2.75) is 51.0 Å². The van der Waals surface area contributed by atoms with Crippen molar-refractivity contribution < 1.29 is 4.39 Å². The van der Waals surface area contributed by atoms with Crippen LogP contribution < -0.4 is 5.32 Å². The third kappa shape index (κ3) is 3.70. The topological polar surface area (TPSA) is 35.8 Å². The van der Waals surface area contributed by atoms with E-state index in [0.717, 1.165) is 12.8 Å². The lowest BCUT2D eigenvalue weighted by Gasteiger charge is -2.22. The molecular weight excluding hydrogens is 307 g/mol. The Labute approximate surface area is 122 Å². The molecule has 4 heteroatoms. The van der Waals surface area contributed by atoms with Crippen LogP contribution in [-0.2, 0) is 0 Å². The van der Waals surface area contributed by atoms with Crippen LogP contribution >= 0.6 is 15.9 Å². The lowest BCUT2D eigenvalue weighted by atomic mass is 9.96. The molecule has 1 fully saturated rings. The van der Waals surface area contributed by atoms with Crippen LogP contribution in [0.2, 0.25) is 0 Å². The van der Waals surface area contributed by atoms with Crippen LogP contribution in [0.1, 0.15) is 50.5 Å². The molecule has 1 N–H and O–H groups in total. The van der Waals surface area contributed by atoms with E-state index in [1.54, 1.807) is 12.1 Å². The summed E-state index contributed by atoms with van der Waals surface area (Å²) in [6.45, 7) is 0. The highest BCUT2D eigenvalue weighted by Crippen LogP contribution is 2.28. The zero-order valence-electron chi connectivity index (χ0n) is 10.9. The van der Waals surface area contributed by atoms with E-state index in [-0.39, 0.29) is 10.3 Å². The number of halogens is 2. The molecule has 0 spiro atoms. The molecule has 0 radical (unpaired) electrons. The minimum Gasteiger partial charge on any atom is -0.380 e. The second-order valence-corrected chi connectivity index (χ2v) is 5.88. The van der Waals surface area contributed by atoms with Gasteiger partial charge in [-0.1, -0.05) is 32.1 Å². The summed E-state index contributed by atoms with van der Waals surface area (Å²) >= 11 is 3.15. The lowest BCUT2D eigenvalue weighted by Crippen LogP contribution is -2.21. The first-order chi connectivity index (χ1) is 9.22. The second-order valence-electron chi connectivity index (χ2n) is 5.09. The molecule has 1 aromatic rings. The Kier molecular flexibility index (Phi) is 5.21. The Bertz CT molecular complexity index is 474. The largest absolute Gasteiger partial charge is 0.380 e. The van der Waals surface area contributed by atoms with Gasteiger partial charge in [0.05, 0.1) is 15.7 Å². The van der Waals surface area contributed by atoms with Gasteiger partial charge in [-0.3, -0.25) is 0 Å². The quantitative estimate of drug-likeness (QED) is 0.832. The predicted octanol–water partition coefficient (Wildman–Crippen LogP) is 4.98. The first kappa shape index (κ1) is 14.3. The Hall–Kier alpha value is -1.08. The third-order valence-corrected chi connectivity index (χ3v) is 4.44. The fourth-order valence-corrected chi connectivity index (χ4v) is 3.00. The first-order valence-electron chi connectivity index (χ1n) is 6.87. The SMILES string of the molecule is N#Cc1ccc(NC2CCCCCCC2)c(F)c1Br. The van der Waals surface area contributed by atoms with E-state index in [2.05, 4.69) is 21.2 Å². The van der Waals surface area contributed by atoms with Gasteiger partial charge in [-0.2, -0.15) is 5.26 Å². The summed E-state index contributed by atoms with van der Waals surface area (Å²) in [7, 11) is 0. The maximum Gasteiger partial charge on any atom is 0.161 e. The lowest BCUT2D eigenvalue weighted by molar-refractivity contribution is 0.469. The minimum absolute atomic E-state index is 0.255. The van der Waals surface area contributed by atoms with E-state index in [1.165, 1.54) is 32.1 Å². The number of hydrogen-bond donors (Lipinski definition) is 1. The fourth-order valence-electron chi connectivity index (χ4n) is 2.57. The Morgan fingerprint density at radius 3 is 2.42 bits per heavy atom. The number of anilines is 1. The van der Waals surface area contributed by atoms with Crippen LogP contribution in [0, 0.1) is 17.1 Å². The van der Waals surface area contributed by atoms with Crippen molar-refractivity contribution >= 4 is 21.6 Å². The van der Waals surface area contributed by atoms with Crippen LogP contribution in [0.3, 0.4) is 0 Å². The molecule has 0 aliphatic heterocycles. The number of nitriles is 1. The average Bonchev–Trinajstić information content (AvgIpc) is 2.38. The molecule has 0 unspecified atom stereocenters. The van der Waals surface area contributed by atoms with E-state index in [4.69, 9.17) is 5.26 Å². The summed E-state index contributed by atoms with van der Waals surface area (Å²) < 4.78 is 14.4. The van der Waals surface area contributed by atoms with Crippen molar-refractivity contribution in [2.75, 3.05) is 5.32 Å². The van der Waals surface area contributed by atoms with Gasteiger partial charge < -0.3 is 5.32 Å². The van der Waals surface area contributed by atoms with Gasteiger partial charge in [0.2, 0.25) is 0 Å². The molecule has 0 heterocycles. The summed E-state index contributed by atoms with van der Waals surface area (Å²) in [5.74, 6) is -0.360. The van der Waals surface area contributed by atoms with Crippen LogP contribution in [0.4, 0.5) is 10.1 Å². The molecule has 1 aromatic carbocycles. The highest BCUT2D eigenvalue weighted by molar-refractivity contribution is 9.10. The van der Waals surface area contributed by atoms with Gasteiger partial charge in [-0.05, 0) is 40.9 Å². The molecular formula is C15H18BrFN2. The average molecular weight is 325 g/mol. The summed E-state index contributed by atoms with van der Waals surface area (Å²) in [6, 6.07) is 5.63. The van der Waals surface area contributed by atoms with Crippen molar-refractivity contribution in [1.82, 2.24) is 0 Å². The van der Waals surface area contributed by atoms with Crippen molar-refractivity contribution in [3.8, 4) is 6.07 Å². The van der Waals surface area contributed by atoms with E-state index < -0.39 is 0 Å². The summed E-state index contributed by atoms with van der Waals surface area (Å²) in [6.07, 6.45) is 8.47. The molecule has 2 rings (SSSR count). The molecule has 2 nitrogen and oxygen atoms in total. The fraction of sp³-hybridized carbons (Fsp3) is 0.533. The summed E-state index contributed by atoms with van der Waals surface area (Å²) in [5, 5.41) is 12.2. The first-order valence-corrected chi connectivity index (χ1v) is 7.66. The zero-order chi connectivity index (χ0) is 13.7. The smallest absolute Gasteiger partial charge is 0.161 e. The van der Waals surface area contributed by atoms with Gasteiger partial charge in [0.1, 0.15) is 6.07 Å². The highest BCUT2D eigenvalue weighted by Gasteiger charge is 2.15. The maximum absolute atomic E-state index is 14.1. The van der Waals surface area contributed by atoms with Gasteiger partial charge in [0.25, 0.3) is 0 Å². The molecule has 0 bridgehead atoms. The van der Waals surface area contributed by atoms with Gasteiger partial charge in [-0.15, -0.1) is 0 Å². The van der Waals surface area contributed by atoms with E-state index >= 15 is 0 Å². The normalized spacial score (nSPS) is 17.3. The van der Waals surface area contributed by atoms with E-state index in [9.17, 15) is 4.39 Å². The van der Waals surface area contributed by atoms with Crippen molar-refractivity contribution in [3.63, 3.8) is 0 Å². The van der Waals surface area contributed by atoms with Crippen LogP contribution in [0.5, 0.6) is 0 Å². The number of nitrogens with zero attached hydrogens (tertiary/aromatic N) is 1. The molecule has 1 saturated carbocycles. The summed E-state index contributed by atoms with van der Waals surface area (Å²) in [4.78, 5) is 0. The molecule has 1 aliphatic carbocycles. The molecule has 0 atom stereocenters. The van der Waals surface area contributed by atoms with Crippen molar-refractivity contribution in [3.05, 3.63) is 28.0 Å². The highest BCUT2D eigenvalue weighted by atomic mass is 79.9. The Balaban J connectivity index is 2.10. The zero-order valence-corrected chi connectivity index (χ0v) is 12.5. The number of nitrogens with one attached hydrogen (secondary N) is 1. The Morgan fingerprint density at radius 1 is 1.16 bits per heavy atom. The van der Waals surface area contributed by atoms with Crippen molar-refractivity contribution in [2.24, 2.45) is 0 Å². The van der Waals surface area contributed by atoms with Gasteiger partial charge in [0, 0.05) is 6.04 Å². The minimum atomic E-state index is -0.360. The maximum atomic E-state index is 14.1. The molecule has 0 aromatic heterocycles. The monoisotopic (exact) mass is 324 g/mol. The van der Waals surface area contributed by atoms with Gasteiger partial charge >= 0.3 is 0 Å². The van der Waals surface area contributed by atoms with Crippen molar-refractivity contribution in [1.29, 1.82) is 5.26 Å². The molecule has 0 saturated heterocycles. The third-order valence-electron chi connectivity index (χ3n) is 3.67. The van der Waals surface area contributed by atoms with Gasteiger partial charge in [0.15, 0.2) is 5.82 Å². The van der Waals surface area contributed by atoms with Crippen LogP contribution in [-0.4, -0.2) is 6.04 Å². The number of hydrogen-bond acceptors (Lipinski definition) is 2. The number of rotatable bonds is 2. The van der Waals surface area contributed by atoms with Crippen LogP contribution in [0.15, 0.2) is 16.6 Å². The van der Waals surface area contributed by atoms with E-state index in [1.807, 2.05) is 6.07 Å². The summed E-state index contributed by atoms with van der Waals surface area (Å²) in [5.41, 5.74) is 0.831. The number of benzene rings is 1. The molecule has 19 heavy (non-hydrogen) atoms. The molecule has 0 amide bonds. The van der Waals surface area contributed by atoms with Gasteiger partial charge in [-0.25, -0.2) is 4.39 Å². The van der Waals surface area contributed by atoms with E-state index in [0.29, 0.717) is 17.3 Å². The predicted molar refractivity (Wildman–Crippen MR) is 78.5 cm³/mol. The standard InChI is InChI=1S/C15H18BrFN2/c16-14-11(10-18)8-9-13(15(14)17)19-12-6-4-2-1-3-5-7-12/h8-9,12,19H,1-7H2. The van der Waals surface area contributed by atoms with Crippen LogP contribution in [0.25, 0.3) is 0 Å².